The van der Waals surface area contributed by atoms with Crippen molar-refractivity contribution < 1.29 is 14.7 Å². The zero-order valence-electron chi connectivity index (χ0n) is 11.4. The topological polar surface area (TPSA) is 83.7 Å². The highest BCUT2D eigenvalue weighted by Crippen LogP contribution is 2.16. The van der Waals surface area contributed by atoms with E-state index < -0.39 is 11.5 Å². The monoisotopic (exact) mass is 295 g/mol. The predicted molar refractivity (Wildman–Crippen MR) is 75.9 cm³/mol. The first-order valence-electron chi connectivity index (χ1n) is 6.40. The Bertz CT molecular complexity index is 634. The van der Waals surface area contributed by atoms with E-state index in [0.717, 1.165) is 10.7 Å². The fourth-order valence-electron chi connectivity index (χ4n) is 2.14. The van der Waals surface area contributed by atoms with Gasteiger partial charge in [-0.15, -0.1) is 11.3 Å². The molecule has 0 aliphatic carbocycles. The molecule has 2 aromatic rings. The maximum absolute atomic E-state index is 12.1. The van der Waals surface area contributed by atoms with Crippen LogP contribution in [0, 0.1) is 0 Å². The van der Waals surface area contributed by atoms with Gasteiger partial charge in [-0.1, -0.05) is 13.3 Å². The smallest absolute Gasteiger partial charge is 0.329 e. The van der Waals surface area contributed by atoms with Gasteiger partial charge in [-0.25, -0.2) is 9.78 Å². The number of aliphatic carboxylic acids is 1. The molecule has 0 aliphatic rings. The Morgan fingerprint density at radius 3 is 2.95 bits per heavy atom. The summed E-state index contributed by atoms with van der Waals surface area (Å²) in [6.45, 7) is 3.43. The zero-order chi connectivity index (χ0) is 14.8. The van der Waals surface area contributed by atoms with E-state index in [4.69, 9.17) is 0 Å². The van der Waals surface area contributed by atoms with Crippen LogP contribution in [0.4, 0.5) is 0 Å². The summed E-state index contributed by atoms with van der Waals surface area (Å²) in [4.78, 5) is 28.3. The Kier molecular flexibility index (Phi) is 4.08. The average Bonchev–Trinajstić information content (AvgIpc) is 2.94. The number of carbonyl (C=O) groups excluding carboxylic acids is 1. The summed E-state index contributed by atoms with van der Waals surface area (Å²) in [5.41, 5.74) is -0.403. The lowest BCUT2D eigenvalue weighted by Gasteiger charge is -2.25. The van der Waals surface area contributed by atoms with Crippen molar-refractivity contribution >= 4 is 28.2 Å². The Balaban J connectivity index is 2.09. The molecule has 1 amide bonds. The minimum Gasteiger partial charge on any atom is -0.480 e. The first-order chi connectivity index (χ1) is 9.46. The first-order valence-corrected chi connectivity index (χ1v) is 7.28. The lowest BCUT2D eigenvalue weighted by Crippen LogP contribution is -2.52. The zero-order valence-corrected chi connectivity index (χ0v) is 12.2. The number of amides is 1. The number of carboxylic acids is 1. The van der Waals surface area contributed by atoms with Crippen molar-refractivity contribution in [1.29, 1.82) is 0 Å². The number of hydrogen-bond donors (Lipinski definition) is 2. The molecule has 7 heteroatoms. The van der Waals surface area contributed by atoms with Gasteiger partial charge in [-0.3, -0.25) is 9.20 Å². The highest BCUT2D eigenvalue weighted by atomic mass is 32.1. The van der Waals surface area contributed by atoms with Gasteiger partial charge in [0.1, 0.15) is 5.54 Å². The molecule has 0 saturated heterocycles. The molecule has 1 unspecified atom stereocenters. The summed E-state index contributed by atoms with van der Waals surface area (Å²) < 4.78 is 1.84. The van der Waals surface area contributed by atoms with Crippen LogP contribution in [0.25, 0.3) is 4.96 Å². The van der Waals surface area contributed by atoms with Crippen LogP contribution in [0.5, 0.6) is 0 Å². The summed E-state index contributed by atoms with van der Waals surface area (Å²) >= 11 is 1.45. The molecule has 108 valence electrons. The summed E-state index contributed by atoms with van der Waals surface area (Å²) in [5.74, 6) is -1.30. The molecule has 0 aliphatic heterocycles. The number of imidazole rings is 1. The van der Waals surface area contributed by atoms with Gasteiger partial charge in [-0.05, 0) is 13.3 Å². The third kappa shape index (κ3) is 2.82. The molecule has 0 aromatic carbocycles. The lowest BCUT2D eigenvalue weighted by molar-refractivity contribution is -0.147. The van der Waals surface area contributed by atoms with Crippen molar-refractivity contribution in [3.8, 4) is 0 Å². The van der Waals surface area contributed by atoms with Crippen LogP contribution in [0.15, 0.2) is 17.8 Å². The fourth-order valence-corrected chi connectivity index (χ4v) is 2.99. The minimum absolute atomic E-state index is 0.142. The number of nitrogens with one attached hydrogen (secondary N) is 1. The fraction of sp³-hybridized carbons (Fsp3) is 0.462. The van der Waals surface area contributed by atoms with E-state index in [1.165, 1.54) is 18.3 Å². The molecule has 2 heterocycles. The highest BCUT2D eigenvalue weighted by molar-refractivity contribution is 7.15. The lowest BCUT2D eigenvalue weighted by atomic mass is 9.96. The van der Waals surface area contributed by atoms with E-state index in [2.05, 4.69) is 10.3 Å². The van der Waals surface area contributed by atoms with Gasteiger partial charge in [-0.2, -0.15) is 0 Å². The van der Waals surface area contributed by atoms with Gasteiger partial charge in [0.05, 0.1) is 6.42 Å². The molecule has 0 spiro atoms. The molecule has 6 nitrogen and oxygen atoms in total. The van der Waals surface area contributed by atoms with E-state index in [9.17, 15) is 14.7 Å². The van der Waals surface area contributed by atoms with Crippen LogP contribution in [0.1, 0.15) is 32.4 Å². The number of rotatable bonds is 6. The van der Waals surface area contributed by atoms with Crippen LogP contribution in [-0.4, -0.2) is 31.9 Å². The Labute approximate surface area is 120 Å². The number of carbonyl (C=O) groups is 2. The number of hydrogen-bond acceptors (Lipinski definition) is 4. The van der Waals surface area contributed by atoms with Gasteiger partial charge >= 0.3 is 5.97 Å². The molecule has 2 rings (SSSR count). The summed E-state index contributed by atoms with van der Waals surface area (Å²) in [6, 6.07) is 0. The van der Waals surface area contributed by atoms with Gasteiger partial charge in [0.25, 0.3) is 0 Å². The summed E-state index contributed by atoms with van der Waals surface area (Å²) in [6.07, 6.45) is 4.69. The molecule has 0 radical (unpaired) electrons. The highest BCUT2D eigenvalue weighted by Gasteiger charge is 2.33. The Hall–Kier alpha value is -1.89. The van der Waals surface area contributed by atoms with Crippen molar-refractivity contribution in [2.75, 3.05) is 0 Å². The van der Waals surface area contributed by atoms with Gasteiger partial charge in [0, 0.05) is 23.5 Å². The van der Waals surface area contributed by atoms with Crippen LogP contribution in [0.3, 0.4) is 0 Å². The third-order valence-electron chi connectivity index (χ3n) is 3.20. The second-order valence-corrected chi connectivity index (χ2v) is 5.76. The predicted octanol–water partition coefficient (Wildman–Crippen LogP) is 1.70. The summed E-state index contributed by atoms with van der Waals surface area (Å²) in [5, 5.41) is 13.7. The van der Waals surface area contributed by atoms with Crippen molar-refractivity contribution in [2.24, 2.45) is 0 Å². The molecular weight excluding hydrogens is 278 g/mol. The summed E-state index contributed by atoms with van der Waals surface area (Å²) in [7, 11) is 0. The number of nitrogens with zero attached hydrogens (tertiary/aromatic N) is 2. The molecule has 0 fully saturated rings. The van der Waals surface area contributed by atoms with Crippen LogP contribution in [-0.2, 0) is 16.0 Å². The van der Waals surface area contributed by atoms with Gasteiger partial charge < -0.3 is 10.4 Å². The van der Waals surface area contributed by atoms with Crippen molar-refractivity contribution in [1.82, 2.24) is 14.7 Å². The van der Waals surface area contributed by atoms with E-state index in [1.54, 1.807) is 12.4 Å². The average molecular weight is 295 g/mol. The number of carboxylic acid groups (broad SMARTS) is 1. The largest absolute Gasteiger partial charge is 0.480 e. The number of thiazole rings is 1. The molecular formula is C13H17N3O3S. The van der Waals surface area contributed by atoms with E-state index in [0.29, 0.717) is 12.8 Å². The van der Waals surface area contributed by atoms with E-state index in [-0.39, 0.29) is 12.3 Å². The van der Waals surface area contributed by atoms with Crippen molar-refractivity contribution in [3.05, 3.63) is 23.5 Å². The van der Waals surface area contributed by atoms with Crippen molar-refractivity contribution in [2.45, 2.75) is 38.6 Å². The second kappa shape index (κ2) is 5.62. The van der Waals surface area contributed by atoms with E-state index >= 15 is 0 Å². The van der Waals surface area contributed by atoms with Crippen LogP contribution in [0.2, 0.25) is 0 Å². The molecule has 2 aromatic heterocycles. The van der Waals surface area contributed by atoms with Crippen molar-refractivity contribution in [3.63, 3.8) is 0 Å². The third-order valence-corrected chi connectivity index (χ3v) is 4.10. The van der Waals surface area contributed by atoms with E-state index in [1.807, 2.05) is 16.7 Å². The maximum Gasteiger partial charge on any atom is 0.329 e. The quantitative estimate of drug-likeness (QED) is 0.849. The van der Waals surface area contributed by atoms with Gasteiger partial charge in [0.2, 0.25) is 5.91 Å². The Morgan fingerprint density at radius 1 is 1.55 bits per heavy atom. The first kappa shape index (κ1) is 14.5. The second-order valence-electron chi connectivity index (χ2n) is 4.92. The number of aromatic nitrogens is 2. The SMILES string of the molecule is CCCC(C)(NC(=O)Cc1csc2nccn12)C(=O)O. The number of fused-ring (bicyclic) bond motifs is 1. The standard InChI is InChI=1S/C13H17N3O3S/c1-3-4-13(2,11(18)19)15-10(17)7-9-8-20-12-14-5-6-16(9)12/h5-6,8H,3-4,7H2,1-2H3,(H,15,17)(H,18,19). The van der Waals surface area contributed by atoms with Crippen LogP contribution < -0.4 is 5.32 Å². The molecule has 20 heavy (non-hydrogen) atoms. The van der Waals surface area contributed by atoms with Crippen LogP contribution >= 0.6 is 11.3 Å². The Morgan fingerprint density at radius 2 is 2.30 bits per heavy atom. The molecule has 0 saturated carbocycles. The molecule has 2 N–H and O–H groups in total. The van der Waals surface area contributed by atoms with Gasteiger partial charge in [0.15, 0.2) is 4.96 Å². The maximum atomic E-state index is 12.1. The molecule has 1 atom stereocenters. The normalized spacial score (nSPS) is 14.1. The molecule has 0 bridgehead atoms. The minimum atomic E-state index is -1.21.